The van der Waals surface area contributed by atoms with E-state index in [0.29, 0.717) is 12.6 Å². The number of benzene rings is 1. The van der Waals surface area contributed by atoms with Gasteiger partial charge in [0.1, 0.15) is 18.1 Å². The molecular weight excluding hydrogens is 494 g/mol. The van der Waals surface area contributed by atoms with Crippen LogP contribution in [0.2, 0.25) is 25.7 Å². The van der Waals surface area contributed by atoms with Crippen LogP contribution in [0.15, 0.2) is 41.1 Å². The molecule has 1 aromatic carbocycles. The summed E-state index contributed by atoms with van der Waals surface area (Å²) in [6.45, 7) is 14.4. The fourth-order valence-electron chi connectivity index (χ4n) is 4.60. The van der Waals surface area contributed by atoms with E-state index in [-0.39, 0.29) is 6.41 Å². The number of rotatable bonds is 7. The number of primary amides is 1. The van der Waals surface area contributed by atoms with E-state index in [0.717, 1.165) is 65.8 Å². The zero-order valence-electron chi connectivity index (χ0n) is 23.4. The Bertz CT molecular complexity index is 1400. The minimum absolute atomic E-state index is 0.250. The van der Waals surface area contributed by atoms with Gasteiger partial charge in [-0.05, 0) is 62.2 Å². The molecule has 1 amide bonds. The third kappa shape index (κ3) is 6.40. The van der Waals surface area contributed by atoms with E-state index < -0.39 is 8.07 Å². The lowest BCUT2D eigenvalue weighted by Gasteiger charge is -2.25. The van der Waals surface area contributed by atoms with Crippen molar-refractivity contribution in [3.63, 3.8) is 0 Å². The van der Waals surface area contributed by atoms with Crippen molar-refractivity contribution >= 4 is 25.5 Å². The molecule has 1 aliphatic rings. The summed E-state index contributed by atoms with van der Waals surface area (Å²) in [6, 6.07) is 10.2. The zero-order chi connectivity index (χ0) is 27.4. The molecule has 5 rings (SSSR count). The summed E-state index contributed by atoms with van der Waals surface area (Å²) in [5.74, 6) is 1.48. The highest BCUT2D eigenvalue weighted by molar-refractivity contribution is 6.76. The number of hydrogen-bond donors (Lipinski definition) is 1. The standard InChI is InChI=1S/C28H36N4O2Si.CH3NO/c1-19-20(2)34-28(30-19)26-17-32(18-33-11-12-35(4,5)6)27-25(26)14-23(15-29-27)22-8-7-21-9-10-31(3)16-24(21)13-22;2-1-3/h7-8,13-15,17H,9-12,16,18H2,1-6H3;1H,(H2,2,3). The molecule has 0 bridgehead atoms. The number of oxazole rings is 1. The van der Waals surface area contributed by atoms with Crippen molar-refractivity contribution in [1.82, 2.24) is 19.4 Å². The zero-order valence-corrected chi connectivity index (χ0v) is 24.4. The number of ether oxygens (including phenoxy) is 1. The molecule has 0 aliphatic carbocycles. The molecular formula is C29H39N5O3Si. The van der Waals surface area contributed by atoms with E-state index in [2.05, 4.69) is 72.4 Å². The van der Waals surface area contributed by atoms with Crippen LogP contribution in [0.5, 0.6) is 0 Å². The predicted octanol–water partition coefficient (Wildman–Crippen LogP) is 5.38. The first-order chi connectivity index (χ1) is 18.1. The van der Waals surface area contributed by atoms with Gasteiger partial charge in [-0.1, -0.05) is 31.8 Å². The van der Waals surface area contributed by atoms with Crippen molar-refractivity contribution in [2.45, 2.75) is 59.2 Å². The van der Waals surface area contributed by atoms with E-state index in [1.807, 2.05) is 20.0 Å². The maximum Gasteiger partial charge on any atom is 0.228 e. The number of pyridine rings is 1. The molecule has 2 N–H and O–H groups in total. The van der Waals surface area contributed by atoms with Crippen LogP contribution in [0.1, 0.15) is 22.6 Å². The SMILES string of the molecule is Cc1nc(-c2cn(COCC[Si](C)(C)C)c3ncc(-c4ccc5c(c4)CN(C)CC5)cc23)oc1C.NC=O. The first-order valence-electron chi connectivity index (χ1n) is 13.1. The first-order valence-corrected chi connectivity index (χ1v) is 16.8. The van der Waals surface area contributed by atoms with E-state index in [4.69, 9.17) is 23.9 Å². The van der Waals surface area contributed by atoms with Crippen molar-refractivity contribution in [3.05, 3.63) is 59.2 Å². The molecule has 4 aromatic rings. The van der Waals surface area contributed by atoms with Crippen LogP contribution >= 0.6 is 0 Å². The van der Waals surface area contributed by atoms with E-state index >= 15 is 0 Å². The lowest BCUT2D eigenvalue weighted by Crippen LogP contribution is -2.26. The number of carbonyl (C=O) groups excluding carboxylic acids is 1. The highest BCUT2D eigenvalue weighted by atomic mass is 28.3. The number of likely N-dealkylation sites (N-methyl/N-ethyl adjacent to an activating group) is 1. The van der Waals surface area contributed by atoms with Gasteiger partial charge in [-0.25, -0.2) is 9.97 Å². The average molecular weight is 534 g/mol. The molecule has 4 heterocycles. The Labute approximate surface area is 225 Å². The fraction of sp³-hybridized carbons (Fsp3) is 0.414. The maximum absolute atomic E-state index is 8.58. The normalized spacial score (nSPS) is 13.7. The lowest BCUT2D eigenvalue weighted by atomic mass is 9.95. The van der Waals surface area contributed by atoms with Gasteiger partial charge in [0.05, 0.1) is 11.3 Å². The number of hydrogen-bond acceptors (Lipinski definition) is 6. The maximum atomic E-state index is 8.58. The molecule has 0 unspecified atom stereocenters. The summed E-state index contributed by atoms with van der Waals surface area (Å²) in [5.41, 5.74) is 12.1. The third-order valence-corrected chi connectivity index (χ3v) is 8.65. The van der Waals surface area contributed by atoms with Crippen LogP contribution in [0.3, 0.4) is 0 Å². The first kappa shape index (κ1) is 27.8. The molecule has 0 spiro atoms. The van der Waals surface area contributed by atoms with Gasteiger partial charge in [0, 0.05) is 51.1 Å². The Morgan fingerprint density at radius 3 is 2.61 bits per heavy atom. The second-order valence-electron chi connectivity index (χ2n) is 11.2. The Kier molecular flexibility index (Phi) is 8.50. The molecule has 0 atom stereocenters. The summed E-state index contributed by atoms with van der Waals surface area (Å²) < 4.78 is 14.2. The molecule has 0 fully saturated rings. The van der Waals surface area contributed by atoms with E-state index in [1.165, 1.54) is 16.7 Å². The second-order valence-corrected chi connectivity index (χ2v) is 16.8. The van der Waals surface area contributed by atoms with Gasteiger partial charge in [0.2, 0.25) is 12.3 Å². The minimum atomic E-state index is -1.14. The van der Waals surface area contributed by atoms with Crippen molar-refractivity contribution in [2.75, 3.05) is 20.2 Å². The van der Waals surface area contributed by atoms with Gasteiger partial charge in [0.25, 0.3) is 0 Å². The quantitative estimate of drug-likeness (QED) is 0.195. The fourth-order valence-corrected chi connectivity index (χ4v) is 5.36. The number of amides is 1. The smallest absolute Gasteiger partial charge is 0.228 e. The van der Waals surface area contributed by atoms with Gasteiger partial charge in [-0.15, -0.1) is 0 Å². The van der Waals surface area contributed by atoms with Gasteiger partial charge in [0.15, 0.2) is 0 Å². The topological polar surface area (TPSA) is 99.4 Å². The summed E-state index contributed by atoms with van der Waals surface area (Å²) in [6.07, 6.45) is 5.41. The number of carbonyl (C=O) groups is 1. The van der Waals surface area contributed by atoms with Gasteiger partial charge < -0.3 is 24.4 Å². The molecule has 1 aliphatic heterocycles. The number of nitrogens with zero attached hydrogens (tertiary/aromatic N) is 4. The monoisotopic (exact) mass is 533 g/mol. The predicted molar refractivity (Wildman–Crippen MR) is 155 cm³/mol. The molecule has 0 radical (unpaired) electrons. The molecule has 3 aromatic heterocycles. The Morgan fingerprint density at radius 1 is 1.16 bits per heavy atom. The van der Waals surface area contributed by atoms with Gasteiger partial charge in [-0.2, -0.15) is 0 Å². The molecule has 8 nitrogen and oxygen atoms in total. The van der Waals surface area contributed by atoms with E-state index in [1.54, 1.807) is 0 Å². The van der Waals surface area contributed by atoms with Crippen LogP contribution in [0.4, 0.5) is 0 Å². The molecule has 38 heavy (non-hydrogen) atoms. The summed E-state index contributed by atoms with van der Waals surface area (Å²) in [5, 5.41) is 1.03. The van der Waals surface area contributed by atoms with Gasteiger partial charge in [-0.3, -0.25) is 4.79 Å². The summed E-state index contributed by atoms with van der Waals surface area (Å²) >= 11 is 0. The molecule has 0 saturated carbocycles. The lowest BCUT2D eigenvalue weighted by molar-refractivity contribution is -0.106. The number of aromatic nitrogens is 3. The number of fused-ring (bicyclic) bond motifs is 2. The van der Waals surface area contributed by atoms with Crippen molar-refractivity contribution in [2.24, 2.45) is 5.73 Å². The largest absolute Gasteiger partial charge is 0.441 e. The molecule has 9 heteroatoms. The highest BCUT2D eigenvalue weighted by Crippen LogP contribution is 2.34. The summed E-state index contributed by atoms with van der Waals surface area (Å²) in [7, 11) is 1.05. The van der Waals surface area contributed by atoms with Crippen molar-refractivity contribution in [1.29, 1.82) is 0 Å². The highest BCUT2D eigenvalue weighted by Gasteiger charge is 2.19. The Morgan fingerprint density at radius 2 is 1.92 bits per heavy atom. The Balaban J connectivity index is 0.00000107. The number of aryl methyl sites for hydroxylation is 2. The Hall–Kier alpha value is -3.27. The molecule has 0 saturated heterocycles. The summed E-state index contributed by atoms with van der Waals surface area (Å²) in [4.78, 5) is 20.6. The van der Waals surface area contributed by atoms with Crippen LogP contribution in [0, 0.1) is 13.8 Å². The van der Waals surface area contributed by atoms with Crippen LogP contribution < -0.4 is 5.73 Å². The third-order valence-electron chi connectivity index (χ3n) is 6.94. The van der Waals surface area contributed by atoms with Crippen molar-refractivity contribution in [3.8, 4) is 22.6 Å². The van der Waals surface area contributed by atoms with Gasteiger partial charge >= 0.3 is 0 Å². The van der Waals surface area contributed by atoms with Crippen LogP contribution in [-0.2, 0) is 29.2 Å². The van der Waals surface area contributed by atoms with E-state index in [9.17, 15) is 0 Å². The minimum Gasteiger partial charge on any atom is -0.441 e. The second kappa shape index (κ2) is 11.6. The number of nitrogens with two attached hydrogens (primary N) is 1. The van der Waals surface area contributed by atoms with Crippen molar-refractivity contribution < 1.29 is 13.9 Å². The van der Waals surface area contributed by atoms with Crippen LogP contribution in [0.25, 0.3) is 33.6 Å². The molecule has 202 valence electrons. The van der Waals surface area contributed by atoms with Crippen LogP contribution in [-0.4, -0.2) is 54.1 Å². The average Bonchev–Trinajstić information content (AvgIpc) is 3.40.